The Hall–Kier alpha value is -1.02. The second-order valence-corrected chi connectivity index (χ2v) is 6.52. The summed E-state index contributed by atoms with van der Waals surface area (Å²) in [6.45, 7) is 2.24. The van der Waals surface area contributed by atoms with E-state index in [0.717, 1.165) is 18.8 Å². The van der Waals surface area contributed by atoms with Crippen molar-refractivity contribution in [3.05, 3.63) is 29.3 Å². The molecule has 0 N–H and O–H groups in total. The lowest BCUT2D eigenvalue weighted by molar-refractivity contribution is -0.140. The highest BCUT2D eigenvalue weighted by Gasteiger charge is 2.27. The Labute approximate surface area is 132 Å². The van der Waals surface area contributed by atoms with Gasteiger partial charge in [0, 0.05) is 5.02 Å². The zero-order chi connectivity index (χ0) is 15.1. The van der Waals surface area contributed by atoms with Gasteiger partial charge in [-0.05, 0) is 55.9 Å². The van der Waals surface area contributed by atoms with Crippen molar-refractivity contribution in [1.82, 2.24) is 0 Å². The van der Waals surface area contributed by atoms with Gasteiger partial charge in [-0.15, -0.1) is 0 Å². The predicted octanol–water partition coefficient (Wildman–Crippen LogP) is 5.63. The van der Waals surface area contributed by atoms with Crippen LogP contribution in [0.15, 0.2) is 24.3 Å². The maximum absolute atomic E-state index is 12.2. The third kappa shape index (κ3) is 5.35. The molecule has 1 saturated carbocycles. The zero-order valence-electron chi connectivity index (χ0n) is 12.8. The molecule has 1 aromatic rings. The fourth-order valence-electron chi connectivity index (χ4n) is 3.07. The Bertz CT molecular complexity index is 433. The number of carbonyl (C=O) groups excluding carboxylic acids is 1. The standard InChI is InChI=1S/C18H25ClO2/c1-2-3-4-5-14-6-8-15(9-7-14)18(20)21-17-12-10-16(19)11-13-17/h10-15H,2-9H2,1H3. The molecule has 0 unspecified atom stereocenters. The van der Waals surface area contributed by atoms with Gasteiger partial charge in [0.05, 0.1) is 5.92 Å². The largest absolute Gasteiger partial charge is 0.426 e. The van der Waals surface area contributed by atoms with Crippen LogP contribution in [0.3, 0.4) is 0 Å². The Balaban J connectivity index is 1.74. The van der Waals surface area contributed by atoms with Gasteiger partial charge in [0.1, 0.15) is 5.75 Å². The first-order valence-corrected chi connectivity index (χ1v) is 8.54. The number of halogens is 1. The lowest BCUT2D eigenvalue weighted by Gasteiger charge is -2.27. The van der Waals surface area contributed by atoms with E-state index in [1.807, 2.05) is 0 Å². The summed E-state index contributed by atoms with van der Waals surface area (Å²) in [7, 11) is 0. The lowest BCUT2D eigenvalue weighted by Crippen LogP contribution is -2.25. The van der Waals surface area contributed by atoms with Crippen molar-refractivity contribution in [2.75, 3.05) is 0 Å². The molecule has 0 aromatic heterocycles. The van der Waals surface area contributed by atoms with E-state index in [1.54, 1.807) is 24.3 Å². The van der Waals surface area contributed by atoms with E-state index in [9.17, 15) is 4.79 Å². The molecule has 1 aliphatic rings. The van der Waals surface area contributed by atoms with Crippen molar-refractivity contribution in [1.29, 1.82) is 0 Å². The van der Waals surface area contributed by atoms with Crippen molar-refractivity contribution < 1.29 is 9.53 Å². The summed E-state index contributed by atoms with van der Waals surface area (Å²) < 4.78 is 5.45. The maximum atomic E-state index is 12.2. The molecule has 1 fully saturated rings. The molecule has 0 radical (unpaired) electrons. The van der Waals surface area contributed by atoms with Crippen LogP contribution in [0.4, 0.5) is 0 Å². The van der Waals surface area contributed by atoms with Crippen molar-refractivity contribution >= 4 is 17.6 Å². The third-order valence-electron chi connectivity index (χ3n) is 4.43. The Morgan fingerprint density at radius 3 is 2.43 bits per heavy atom. The molecule has 1 aliphatic carbocycles. The second-order valence-electron chi connectivity index (χ2n) is 6.09. The number of unbranched alkanes of at least 4 members (excludes halogenated alkanes) is 2. The molecule has 0 aliphatic heterocycles. The lowest BCUT2D eigenvalue weighted by atomic mass is 9.80. The second kappa shape index (κ2) is 8.43. The number of rotatable bonds is 6. The van der Waals surface area contributed by atoms with Gasteiger partial charge in [0.2, 0.25) is 0 Å². The van der Waals surface area contributed by atoms with Gasteiger partial charge in [-0.25, -0.2) is 0 Å². The molecule has 2 nitrogen and oxygen atoms in total. The van der Waals surface area contributed by atoms with Gasteiger partial charge < -0.3 is 4.74 Å². The first kappa shape index (κ1) is 16.4. The average molecular weight is 309 g/mol. The number of esters is 1. The van der Waals surface area contributed by atoms with Gasteiger partial charge in [0.15, 0.2) is 0 Å². The Morgan fingerprint density at radius 1 is 1.14 bits per heavy atom. The average Bonchev–Trinajstić information content (AvgIpc) is 2.50. The highest BCUT2D eigenvalue weighted by molar-refractivity contribution is 6.30. The van der Waals surface area contributed by atoms with Gasteiger partial charge in [-0.2, -0.15) is 0 Å². The minimum atomic E-state index is -0.0793. The molecule has 1 aromatic carbocycles. The van der Waals surface area contributed by atoms with E-state index >= 15 is 0 Å². The quantitative estimate of drug-likeness (QED) is 0.386. The smallest absolute Gasteiger partial charge is 0.314 e. The van der Waals surface area contributed by atoms with Crippen LogP contribution in [0, 0.1) is 11.8 Å². The molecule has 21 heavy (non-hydrogen) atoms. The van der Waals surface area contributed by atoms with Crippen LogP contribution in [0.5, 0.6) is 5.75 Å². The summed E-state index contributed by atoms with van der Waals surface area (Å²) in [6, 6.07) is 6.98. The minimum Gasteiger partial charge on any atom is -0.426 e. The van der Waals surface area contributed by atoms with Crippen LogP contribution in [0.2, 0.25) is 5.02 Å². The van der Waals surface area contributed by atoms with Crippen LogP contribution in [0.1, 0.15) is 58.3 Å². The molecular formula is C18H25ClO2. The van der Waals surface area contributed by atoms with E-state index in [1.165, 1.54) is 38.5 Å². The van der Waals surface area contributed by atoms with Crippen molar-refractivity contribution in [3.8, 4) is 5.75 Å². The SMILES string of the molecule is CCCCCC1CCC(C(=O)Oc2ccc(Cl)cc2)CC1. The third-order valence-corrected chi connectivity index (χ3v) is 4.68. The molecule has 116 valence electrons. The number of benzene rings is 1. The van der Waals surface area contributed by atoms with Crippen LogP contribution in [0.25, 0.3) is 0 Å². The van der Waals surface area contributed by atoms with E-state index in [-0.39, 0.29) is 11.9 Å². The summed E-state index contributed by atoms with van der Waals surface area (Å²) in [5.41, 5.74) is 0. The number of hydrogen-bond acceptors (Lipinski definition) is 2. The number of ether oxygens (including phenoxy) is 1. The summed E-state index contributed by atoms with van der Waals surface area (Å²) >= 11 is 5.82. The van der Waals surface area contributed by atoms with Gasteiger partial charge in [-0.1, -0.05) is 44.2 Å². The van der Waals surface area contributed by atoms with Crippen LogP contribution in [-0.2, 0) is 4.79 Å². The molecule has 0 spiro atoms. The summed E-state index contributed by atoms with van der Waals surface area (Å²) in [5.74, 6) is 1.40. The Kier molecular flexibility index (Phi) is 6.56. The number of carbonyl (C=O) groups is 1. The van der Waals surface area contributed by atoms with Crippen molar-refractivity contribution in [2.45, 2.75) is 58.3 Å². The van der Waals surface area contributed by atoms with Gasteiger partial charge in [-0.3, -0.25) is 4.79 Å². The number of hydrogen-bond donors (Lipinski definition) is 0. The van der Waals surface area contributed by atoms with Crippen molar-refractivity contribution in [2.24, 2.45) is 11.8 Å². The van der Waals surface area contributed by atoms with Crippen molar-refractivity contribution in [3.63, 3.8) is 0 Å². The van der Waals surface area contributed by atoms with E-state index in [0.29, 0.717) is 10.8 Å². The van der Waals surface area contributed by atoms with Crippen LogP contribution < -0.4 is 4.74 Å². The molecular weight excluding hydrogens is 284 g/mol. The molecule has 0 bridgehead atoms. The van der Waals surface area contributed by atoms with E-state index in [4.69, 9.17) is 16.3 Å². The van der Waals surface area contributed by atoms with E-state index in [2.05, 4.69) is 6.92 Å². The first-order valence-electron chi connectivity index (χ1n) is 8.16. The fraction of sp³-hybridized carbons (Fsp3) is 0.611. The topological polar surface area (TPSA) is 26.3 Å². The summed E-state index contributed by atoms with van der Waals surface area (Å²) in [6.07, 6.45) is 9.57. The normalized spacial score (nSPS) is 22.0. The fourth-order valence-corrected chi connectivity index (χ4v) is 3.20. The van der Waals surface area contributed by atoms with Gasteiger partial charge in [0.25, 0.3) is 0 Å². The molecule has 0 amide bonds. The highest BCUT2D eigenvalue weighted by Crippen LogP contribution is 2.33. The maximum Gasteiger partial charge on any atom is 0.314 e. The van der Waals surface area contributed by atoms with E-state index < -0.39 is 0 Å². The minimum absolute atomic E-state index is 0.0723. The van der Waals surface area contributed by atoms with Gasteiger partial charge >= 0.3 is 5.97 Å². The Morgan fingerprint density at radius 2 is 1.81 bits per heavy atom. The zero-order valence-corrected chi connectivity index (χ0v) is 13.6. The van der Waals surface area contributed by atoms with Crippen LogP contribution in [-0.4, -0.2) is 5.97 Å². The first-order chi connectivity index (χ1) is 10.2. The van der Waals surface area contributed by atoms with Crippen LogP contribution >= 0.6 is 11.6 Å². The molecule has 0 saturated heterocycles. The molecule has 0 heterocycles. The summed E-state index contributed by atoms with van der Waals surface area (Å²) in [5, 5.41) is 0.655. The highest BCUT2D eigenvalue weighted by atomic mass is 35.5. The predicted molar refractivity (Wildman–Crippen MR) is 86.7 cm³/mol. The monoisotopic (exact) mass is 308 g/mol. The molecule has 2 rings (SSSR count). The summed E-state index contributed by atoms with van der Waals surface area (Å²) in [4.78, 5) is 12.2. The molecule has 3 heteroatoms. The molecule has 0 atom stereocenters.